The van der Waals surface area contributed by atoms with Gasteiger partial charge in [0.1, 0.15) is 5.78 Å². The zero-order valence-corrected chi connectivity index (χ0v) is 26.4. The van der Waals surface area contributed by atoms with E-state index in [2.05, 4.69) is 21.2 Å². The molecule has 0 unspecified atom stereocenters. The molecule has 0 atom stereocenters. The number of benzene rings is 2. The van der Waals surface area contributed by atoms with E-state index in [-0.39, 0.29) is 31.3 Å². The Balaban J connectivity index is 1.68. The number of nitrogens with zero attached hydrogens (tertiary/aromatic N) is 4. The fraction of sp³-hybridized carbons (Fsp3) is 0.400. The summed E-state index contributed by atoms with van der Waals surface area (Å²) in [7, 11) is 0. The number of hydrogen-bond donors (Lipinski definition) is 2. The molecule has 0 aliphatic heterocycles. The number of ether oxygens (including phenoxy) is 1. The summed E-state index contributed by atoms with van der Waals surface area (Å²) in [6.07, 6.45) is 4.31. The molecule has 0 saturated heterocycles. The third kappa shape index (κ3) is 10.0. The van der Waals surface area contributed by atoms with Gasteiger partial charge in [0.2, 0.25) is 0 Å². The molecule has 1 aromatic heterocycles. The summed E-state index contributed by atoms with van der Waals surface area (Å²) in [5.74, 6) is 0.638. The van der Waals surface area contributed by atoms with Crippen LogP contribution in [0.25, 0.3) is 0 Å². The maximum absolute atomic E-state index is 13.6. The maximum atomic E-state index is 13.6. The highest BCUT2D eigenvalue weighted by Crippen LogP contribution is 2.26. The molecule has 3 aromatic rings. The lowest BCUT2D eigenvalue weighted by molar-refractivity contribution is -0.127. The predicted molar refractivity (Wildman–Crippen MR) is 167 cm³/mol. The van der Waals surface area contributed by atoms with Gasteiger partial charge in [0.15, 0.2) is 0 Å². The summed E-state index contributed by atoms with van der Waals surface area (Å²) in [6.45, 7) is 7.73. The number of hydrogen-bond acceptors (Lipinski definition) is 7. The first-order valence-corrected chi connectivity index (χ1v) is 15.3. The van der Waals surface area contributed by atoms with Crippen LogP contribution in [0, 0.1) is 16.7 Å². The SMILES string of the molecule is CCOCCCSNC(=O)N(CC(C)(C)C(=O)Cc1cncn1Cc1ccc(C#N)cc1)NCc1cccc(Cl)c1Cl. The molecule has 9 nitrogen and oxygen atoms in total. The second-order valence-electron chi connectivity index (χ2n) is 10.2. The average Bonchev–Trinajstić information content (AvgIpc) is 3.41. The lowest BCUT2D eigenvalue weighted by atomic mass is 9.85. The number of amides is 2. The topological polar surface area (TPSA) is 112 Å². The van der Waals surface area contributed by atoms with Crippen LogP contribution in [0.5, 0.6) is 0 Å². The zero-order valence-electron chi connectivity index (χ0n) is 24.0. The van der Waals surface area contributed by atoms with Gasteiger partial charge in [-0.05, 0) is 54.6 Å². The fourth-order valence-electron chi connectivity index (χ4n) is 4.02. The Morgan fingerprint density at radius 2 is 1.95 bits per heavy atom. The molecule has 2 aromatic carbocycles. The van der Waals surface area contributed by atoms with Crippen molar-refractivity contribution in [3.63, 3.8) is 0 Å². The highest BCUT2D eigenvalue weighted by Gasteiger charge is 2.32. The number of aromatic nitrogens is 2. The van der Waals surface area contributed by atoms with Crippen LogP contribution in [-0.2, 0) is 29.0 Å². The molecule has 12 heteroatoms. The number of halogens is 2. The summed E-state index contributed by atoms with van der Waals surface area (Å²) in [5.41, 5.74) is 5.30. The number of carbonyl (C=O) groups is 2. The van der Waals surface area contributed by atoms with Crippen molar-refractivity contribution < 1.29 is 14.3 Å². The van der Waals surface area contributed by atoms with Crippen molar-refractivity contribution in [3.8, 4) is 6.07 Å². The van der Waals surface area contributed by atoms with Crippen LogP contribution < -0.4 is 10.1 Å². The molecule has 0 aliphatic rings. The van der Waals surface area contributed by atoms with Gasteiger partial charge < -0.3 is 9.30 Å². The van der Waals surface area contributed by atoms with Crippen molar-refractivity contribution in [2.75, 3.05) is 25.5 Å². The summed E-state index contributed by atoms with van der Waals surface area (Å²) < 4.78 is 10.1. The molecule has 1 heterocycles. The summed E-state index contributed by atoms with van der Waals surface area (Å²) >= 11 is 13.8. The standard InChI is InChI=1S/C30H36Cl2N6O3S/c1-4-41-13-6-14-42-36-29(40)38(35-17-24-7-5-8-26(31)28(24)32)20-30(2,3)27(39)15-25-18-34-21-37(25)19-23-11-9-22(16-33)10-12-23/h5,7-12,18,21,35H,4,6,13-15,17,19-20H2,1-3H3,(H,36,40). The van der Waals surface area contributed by atoms with E-state index in [1.165, 1.54) is 17.0 Å². The Labute approximate surface area is 261 Å². The Kier molecular flexibility index (Phi) is 13.2. The summed E-state index contributed by atoms with van der Waals surface area (Å²) in [4.78, 5) is 31.1. The second kappa shape index (κ2) is 16.5. The van der Waals surface area contributed by atoms with E-state index in [1.807, 2.05) is 43.5 Å². The van der Waals surface area contributed by atoms with E-state index in [9.17, 15) is 9.59 Å². The molecule has 42 heavy (non-hydrogen) atoms. The number of nitriles is 1. The lowest BCUT2D eigenvalue weighted by Crippen LogP contribution is -2.52. The van der Waals surface area contributed by atoms with Gasteiger partial charge in [-0.2, -0.15) is 5.26 Å². The Hall–Kier alpha value is -3.07. The Morgan fingerprint density at radius 1 is 1.19 bits per heavy atom. The Morgan fingerprint density at radius 3 is 2.67 bits per heavy atom. The Bertz CT molecular complexity index is 1370. The number of ketones is 1. The molecule has 0 fully saturated rings. The normalized spacial score (nSPS) is 11.2. The first kappa shape index (κ1) is 33.4. The van der Waals surface area contributed by atoms with Gasteiger partial charge >= 0.3 is 6.03 Å². The third-order valence-corrected chi connectivity index (χ3v) is 8.19. The minimum Gasteiger partial charge on any atom is -0.382 e. The number of nitrogens with one attached hydrogen (secondary N) is 2. The van der Waals surface area contributed by atoms with Crippen LogP contribution in [0.2, 0.25) is 10.0 Å². The van der Waals surface area contributed by atoms with E-state index in [1.54, 1.807) is 36.8 Å². The minimum atomic E-state index is -0.897. The van der Waals surface area contributed by atoms with E-state index < -0.39 is 5.41 Å². The molecule has 2 N–H and O–H groups in total. The van der Waals surface area contributed by atoms with Crippen molar-refractivity contribution in [2.45, 2.75) is 46.7 Å². The molecule has 0 radical (unpaired) electrons. The monoisotopic (exact) mass is 630 g/mol. The van der Waals surface area contributed by atoms with Crippen molar-refractivity contribution in [1.82, 2.24) is 24.7 Å². The summed E-state index contributed by atoms with van der Waals surface area (Å²) in [5, 5.41) is 11.3. The molecule has 0 aliphatic carbocycles. The fourth-order valence-corrected chi connectivity index (χ4v) is 5.00. The molecule has 0 saturated carbocycles. The highest BCUT2D eigenvalue weighted by atomic mass is 35.5. The number of Topliss-reactive ketones (excluding diaryl/α,β-unsaturated/α-hetero) is 1. The third-order valence-electron chi connectivity index (χ3n) is 6.52. The van der Waals surface area contributed by atoms with Crippen LogP contribution in [0.4, 0.5) is 4.79 Å². The lowest BCUT2D eigenvalue weighted by Gasteiger charge is -2.32. The average molecular weight is 632 g/mol. The van der Waals surface area contributed by atoms with Crippen LogP contribution >= 0.6 is 35.1 Å². The van der Waals surface area contributed by atoms with Gasteiger partial charge in [0.05, 0.1) is 34.6 Å². The highest BCUT2D eigenvalue weighted by molar-refractivity contribution is 7.97. The van der Waals surface area contributed by atoms with Gasteiger partial charge in [-0.3, -0.25) is 14.5 Å². The largest absolute Gasteiger partial charge is 0.382 e. The van der Waals surface area contributed by atoms with Crippen LogP contribution in [0.15, 0.2) is 55.0 Å². The number of carbonyl (C=O) groups excluding carboxylic acids is 2. The number of imidazole rings is 1. The van der Waals surface area contributed by atoms with Crippen LogP contribution in [-0.4, -0.2) is 51.9 Å². The van der Waals surface area contributed by atoms with Gasteiger partial charge in [0.25, 0.3) is 0 Å². The second-order valence-corrected chi connectivity index (χ2v) is 11.9. The first-order valence-electron chi connectivity index (χ1n) is 13.6. The summed E-state index contributed by atoms with van der Waals surface area (Å²) in [6, 6.07) is 14.4. The molecule has 0 spiro atoms. The molecule has 224 valence electrons. The van der Waals surface area contributed by atoms with Crippen molar-refractivity contribution >= 4 is 47.0 Å². The zero-order chi connectivity index (χ0) is 30.5. The van der Waals surface area contributed by atoms with Gasteiger partial charge in [-0.25, -0.2) is 15.2 Å². The van der Waals surface area contributed by atoms with E-state index >= 15 is 0 Å². The number of urea groups is 1. The van der Waals surface area contributed by atoms with Crippen molar-refractivity contribution in [1.29, 1.82) is 5.26 Å². The molecule has 2 amide bonds. The molecule has 3 rings (SSSR count). The number of hydrazine groups is 1. The smallest absolute Gasteiger partial charge is 0.341 e. The van der Waals surface area contributed by atoms with E-state index in [0.717, 1.165) is 23.2 Å². The predicted octanol–water partition coefficient (Wildman–Crippen LogP) is 6.04. The number of rotatable bonds is 16. The molecular formula is C30H36Cl2N6O3S. The van der Waals surface area contributed by atoms with E-state index in [4.69, 9.17) is 33.2 Å². The quantitative estimate of drug-likeness (QED) is 0.113. The first-order chi connectivity index (χ1) is 20.1. The van der Waals surface area contributed by atoms with E-state index in [0.29, 0.717) is 41.1 Å². The van der Waals surface area contributed by atoms with Gasteiger partial charge in [-0.15, -0.1) is 0 Å². The van der Waals surface area contributed by atoms with Gasteiger partial charge in [-0.1, -0.05) is 61.3 Å². The maximum Gasteiger partial charge on any atom is 0.341 e. The van der Waals surface area contributed by atoms with Crippen LogP contribution in [0.1, 0.15) is 49.6 Å². The molecular weight excluding hydrogens is 595 g/mol. The minimum absolute atomic E-state index is 0.0474. The molecule has 0 bridgehead atoms. The van der Waals surface area contributed by atoms with Crippen LogP contribution in [0.3, 0.4) is 0 Å². The van der Waals surface area contributed by atoms with Gasteiger partial charge in [0, 0.05) is 55.8 Å². The van der Waals surface area contributed by atoms with Crippen molar-refractivity contribution in [3.05, 3.63) is 87.4 Å². The van der Waals surface area contributed by atoms with Crippen molar-refractivity contribution in [2.24, 2.45) is 5.41 Å².